The van der Waals surface area contributed by atoms with E-state index in [-0.39, 0.29) is 0 Å². The third kappa shape index (κ3) is 2.63. The topological polar surface area (TPSA) is 62.5 Å². The van der Waals surface area contributed by atoms with E-state index in [9.17, 15) is 0 Å². The van der Waals surface area contributed by atoms with E-state index in [4.69, 9.17) is 0 Å². The van der Waals surface area contributed by atoms with Crippen LogP contribution in [0.15, 0.2) is 42.7 Å². The molecule has 0 radical (unpaired) electrons. The molecule has 0 amide bonds. The van der Waals surface area contributed by atoms with Gasteiger partial charge in [0, 0.05) is 50.1 Å². The molecule has 0 atom stereocenters. The van der Waals surface area contributed by atoms with E-state index in [2.05, 4.69) is 51.7 Å². The molecule has 0 bridgehead atoms. The fourth-order valence-corrected chi connectivity index (χ4v) is 4.06. The van der Waals surface area contributed by atoms with Crippen LogP contribution in [0.5, 0.6) is 0 Å². The highest BCUT2D eigenvalue weighted by Gasteiger charge is 2.21. The van der Waals surface area contributed by atoms with Gasteiger partial charge in [-0.25, -0.2) is 15.0 Å². The van der Waals surface area contributed by atoms with Crippen LogP contribution in [0.1, 0.15) is 5.82 Å². The lowest BCUT2D eigenvalue weighted by atomic mass is 10.3. The zero-order valence-corrected chi connectivity index (χ0v) is 14.4. The second-order valence-electron chi connectivity index (χ2n) is 6.13. The number of hydrogen-bond acceptors (Lipinski definition) is 7. The predicted octanol–water partition coefficient (Wildman–Crippen LogP) is 2.06. The molecule has 1 aliphatic heterocycles. The lowest BCUT2D eigenvalue weighted by Gasteiger charge is -2.34. The van der Waals surface area contributed by atoms with E-state index < -0.39 is 0 Å². The normalized spacial score (nSPS) is 16.1. The van der Waals surface area contributed by atoms with Crippen LogP contribution in [-0.2, 0) is 6.54 Å². The number of imidazole rings is 1. The Bertz CT molecular complexity index is 1000. The Morgan fingerprint density at radius 1 is 0.960 bits per heavy atom. The maximum absolute atomic E-state index is 4.66. The Kier molecular flexibility index (Phi) is 3.57. The van der Waals surface area contributed by atoms with Gasteiger partial charge < -0.3 is 4.90 Å². The summed E-state index contributed by atoms with van der Waals surface area (Å²) in [6.07, 6.45) is 3.59. The summed E-state index contributed by atoms with van der Waals surface area (Å²) >= 11 is 1.47. The summed E-state index contributed by atoms with van der Waals surface area (Å²) in [5.74, 6) is 1.89. The molecule has 0 N–H and O–H groups in total. The number of anilines is 1. The van der Waals surface area contributed by atoms with Crippen LogP contribution < -0.4 is 4.90 Å². The molecule has 4 heterocycles. The van der Waals surface area contributed by atoms with Gasteiger partial charge in [-0.1, -0.05) is 12.1 Å². The third-order valence-electron chi connectivity index (χ3n) is 4.59. The average Bonchev–Trinajstić information content (AvgIpc) is 3.23. The minimum Gasteiger partial charge on any atom is -0.338 e. The first-order chi connectivity index (χ1) is 12.4. The highest BCUT2D eigenvalue weighted by molar-refractivity contribution is 7.11. The van der Waals surface area contributed by atoms with Gasteiger partial charge in [-0.15, -0.1) is 0 Å². The van der Waals surface area contributed by atoms with Crippen molar-refractivity contribution in [1.29, 1.82) is 0 Å². The summed E-state index contributed by atoms with van der Waals surface area (Å²) in [4.78, 5) is 19.0. The first-order valence-corrected chi connectivity index (χ1v) is 9.12. The molecule has 7 nitrogen and oxygen atoms in total. The second-order valence-corrected chi connectivity index (χ2v) is 6.86. The Hall–Kier alpha value is -2.58. The summed E-state index contributed by atoms with van der Waals surface area (Å²) in [5.41, 5.74) is 2.17. The highest BCUT2D eigenvalue weighted by Crippen LogP contribution is 2.22. The SMILES string of the molecule is c1cnc(N2CCN(Cc3nsc4nc5ccccc5n34)CC2)nc1. The molecular formula is C17H17N7S. The molecule has 1 aliphatic rings. The molecule has 5 rings (SSSR count). The Morgan fingerprint density at radius 3 is 2.60 bits per heavy atom. The minimum atomic E-state index is 0.818. The summed E-state index contributed by atoms with van der Waals surface area (Å²) in [7, 11) is 0. The smallest absolute Gasteiger partial charge is 0.225 e. The summed E-state index contributed by atoms with van der Waals surface area (Å²) in [5, 5.41) is 0. The van der Waals surface area contributed by atoms with Crippen LogP contribution in [-0.4, -0.2) is 54.8 Å². The Morgan fingerprint density at radius 2 is 1.76 bits per heavy atom. The van der Waals surface area contributed by atoms with Crippen LogP contribution in [0, 0.1) is 0 Å². The highest BCUT2D eigenvalue weighted by atomic mass is 32.1. The molecule has 25 heavy (non-hydrogen) atoms. The van der Waals surface area contributed by atoms with Gasteiger partial charge in [0.15, 0.2) is 0 Å². The zero-order chi connectivity index (χ0) is 16.6. The largest absolute Gasteiger partial charge is 0.338 e. The fraction of sp³-hybridized carbons (Fsp3) is 0.294. The summed E-state index contributed by atoms with van der Waals surface area (Å²) in [6, 6.07) is 10.1. The van der Waals surface area contributed by atoms with Gasteiger partial charge >= 0.3 is 0 Å². The number of hydrogen-bond donors (Lipinski definition) is 0. The number of nitrogens with zero attached hydrogens (tertiary/aromatic N) is 7. The van der Waals surface area contributed by atoms with Crippen molar-refractivity contribution < 1.29 is 0 Å². The van der Waals surface area contributed by atoms with Crippen LogP contribution in [0.2, 0.25) is 0 Å². The van der Waals surface area contributed by atoms with E-state index in [1.54, 1.807) is 12.4 Å². The van der Waals surface area contributed by atoms with Gasteiger partial charge in [0.2, 0.25) is 10.9 Å². The van der Waals surface area contributed by atoms with Crippen LogP contribution in [0.3, 0.4) is 0 Å². The molecule has 8 heteroatoms. The molecule has 0 spiro atoms. The monoisotopic (exact) mass is 351 g/mol. The average molecular weight is 351 g/mol. The molecular weight excluding hydrogens is 334 g/mol. The lowest BCUT2D eigenvalue weighted by Crippen LogP contribution is -2.46. The lowest BCUT2D eigenvalue weighted by molar-refractivity contribution is 0.243. The van der Waals surface area contributed by atoms with E-state index >= 15 is 0 Å². The van der Waals surface area contributed by atoms with Gasteiger partial charge in [-0.05, 0) is 18.2 Å². The van der Waals surface area contributed by atoms with E-state index in [0.29, 0.717) is 0 Å². The molecule has 0 saturated carbocycles. The van der Waals surface area contributed by atoms with Crippen molar-refractivity contribution in [3.8, 4) is 0 Å². The van der Waals surface area contributed by atoms with Gasteiger partial charge in [-0.3, -0.25) is 9.30 Å². The van der Waals surface area contributed by atoms with Crippen molar-refractivity contribution in [2.75, 3.05) is 31.1 Å². The van der Waals surface area contributed by atoms with Crippen molar-refractivity contribution in [3.63, 3.8) is 0 Å². The van der Waals surface area contributed by atoms with Crippen LogP contribution in [0.4, 0.5) is 5.95 Å². The molecule has 3 aromatic heterocycles. The molecule has 1 aromatic carbocycles. The van der Waals surface area contributed by atoms with Crippen LogP contribution >= 0.6 is 11.5 Å². The van der Waals surface area contributed by atoms with E-state index in [1.165, 1.54) is 11.5 Å². The number of piperazine rings is 1. The number of benzene rings is 1. The number of para-hydroxylation sites is 2. The molecule has 126 valence electrons. The minimum absolute atomic E-state index is 0.818. The Balaban J connectivity index is 1.34. The molecule has 0 aliphatic carbocycles. The standard InChI is InChI=1S/C17H17N7S/c1-2-5-14-13(4-1)20-17-24(14)15(21-25-17)12-22-8-10-23(11-9-22)16-18-6-3-7-19-16/h1-7H,8-12H2. The summed E-state index contributed by atoms with van der Waals surface area (Å²) in [6.45, 7) is 4.65. The van der Waals surface area contributed by atoms with Crippen molar-refractivity contribution in [3.05, 3.63) is 48.5 Å². The Labute approximate surface area is 148 Å². The summed E-state index contributed by atoms with van der Waals surface area (Å²) < 4.78 is 6.83. The predicted molar refractivity (Wildman–Crippen MR) is 97.9 cm³/mol. The van der Waals surface area contributed by atoms with Gasteiger partial charge in [-0.2, -0.15) is 4.37 Å². The van der Waals surface area contributed by atoms with E-state index in [1.807, 2.05) is 12.1 Å². The van der Waals surface area contributed by atoms with E-state index in [0.717, 1.165) is 60.5 Å². The number of aromatic nitrogens is 5. The number of rotatable bonds is 3. The molecule has 4 aromatic rings. The van der Waals surface area contributed by atoms with Crippen molar-refractivity contribution >= 4 is 33.5 Å². The second kappa shape index (κ2) is 6.05. The first kappa shape index (κ1) is 14.7. The van der Waals surface area contributed by atoms with Crippen molar-refractivity contribution in [2.45, 2.75) is 6.54 Å². The molecule has 1 fully saturated rings. The van der Waals surface area contributed by atoms with Gasteiger partial charge in [0.1, 0.15) is 5.82 Å². The first-order valence-electron chi connectivity index (χ1n) is 8.34. The maximum atomic E-state index is 4.66. The maximum Gasteiger partial charge on any atom is 0.225 e. The zero-order valence-electron chi connectivity index (χ0n) is 13.6. The van der Waals surface area contributed by atoms with Gasteiger partial charge in [0.25, 0.3) is 0 Å². The van der Waals surface area contributed by atoms with Gasteiger partial charge in [0.05, 0.1) is 17.6 Å². The molecule has 0 unspecified atom stereocenters. The quantitative estimate of drug-likeness (QED) is 0.563. The number of fused-ring (bicyclic) bond motifs is 3. The van der Waals surface area contributed by atoms with Crippen molar-refractivity contribution in [2.24, 2.45) is 0 Å². The van der Waals surface area contributed by atoms with Crippen molar-refractivity contribution in [1.82, 2.24) is 28.6 Å². The fourth-order valence-electron chi connectivity index (χ4n) is 3.31. The third-order valence-corrected chi connectivity index (χ3v) is 5.33. The molecule has 1 saturated heterocycles. The van der Waals surface area contributed by atoms with Crippen LogP contribution in [0.25, 0.3) is 16.0 Å².